The molecule has 0 bridgehead atoms. The second kappa shape index (κ2) is 6.93. The molecule has 3 rings (SSSR count). The lowest BCUT2D eigenvalue weighted by molar-refractivity contribution is 0.101. The first-order valence-corrected chi connectivity index (χ1v) is 9.30. The summed E-state index contributed by atoms with van der Waals surface area (Å²) in [6.07, 6.45) is 1.72. The van der Waals surface area contributed by atoms with E-state index in [1.807, 2.05) is 0 Å². The molecule has 27 heavy (non-hydrogen) atoms. The quantitative estimate of drug-likeness (QED) is 0.696. The lowest BCUT2D eigenvalue weighted by atomic mass is 10.2. The monoisotopic (exact) mass is 390 g/mol. The summed E-state index contributed by atoms with van der Waals surface area (Å²) in [4.78, 5) is 12.4. The van der Waals surface area contributed by atoms with Crippen LogP contribution >= 0.6 is 0 Å². The molecule has 10 nitrogen and oxygen atoms in total. The Morgan fingerprint density at radius 1 is 1.19 bits per heavy atom. The second-order valence-electron chi connectivity index (χ2n) is 6.01. The summed E-state index contributed by atoms with van der Waals surface area (Å²) in [7, 11) is 1.11. The minimum Gasteiger partial charge on any atom is -0.403 e. The SMILES string of the molecule is Cc1cn(C)nc1C(=O)Nc1nnc(-c2ccc(S(=O)(=O)N(C)C)cc2)o1. The molecule has 0 spiro atoms. The lowest BCUT2D eigenvalue weighted by Crippen LogP contribution is -2.22. The van der Waals surface area contributed by atoms with E-state index in [1.54, 1.807) is 32.3 Å². The average molecular weight is 390 g/mol. The summed E-state index contributed by atoms with van der Waals surface area (Å²) >= 11 is 0. The molecule has 0 atom stereocenters. The molecule has 3 aromatic rings. The van der Waals surface area contributed by atoms with Crippen molar-refractivity contribution >= 4 is 21.9 Å². The number of sulfonamides is 1. The van der Waals surface area contributed by atoms with Gasteiger partial charge in [-0.15, -0.1) is 5.10 Å². The lowest BCUT2D eigenvalue weighted by Gasteiger charge is -2.11. The van der Waals surface area contributed by atoms with Crippen LogP contribution < -0.4 is 5.32 Å². The first kappa shape index (κ1) is 18.7. The van der Waals surface area contributed by atoms with Gasteiger partial charge in [-0.3, -0.25) is 14.8 Å². The molecule has 2 aromatic heterocycles. The third kappa shape index (κ3) is 3.73. The number of amides is 1. The highest BCUT2D eigenvalue weighted by molar-refractivity contribution is 7.89. The van der Waals surface area contributed by atoms with Crippen molar-refractivity contribution in [2.24, 2.45) is 7.05 Å². The fourth-order valence-electron chi connectivity index (χ4n) is 2.36. The highest BCUT2D eigenvalue weighted by atomic mass is 32.2. The van der Waals surface area contributed by atoms with Crippen molar-refractivity contribution in [2.75, 3.05) is 19.4 Å². The number of rotatable bonds is 5. The molecular formula is C16H18N6O4S. The predicted molar refractivity (Wildman–Crippen MR) is 96.5 cm³/mol. The Hall–Kier alpha value is -3.05. The van der Waals surface area contributed by atoms with Crippen LogP contribution in [0.15, 0.2) is 39.8 Å². The molecule has 2 heterocycles. The van der Waals surface area contributed by atoms with Gasteiger partial charge in [0.15, 0.2) is 5.69 Å². The molecule has 0 fully saturated rings. The van der Waals surface area contributed by atoms with E-state index in [2.05, 4.69) is 20.6 Å². The van der Waals surface area contributed by atoms with E-state index in [0.717, 1.165) is 4.31 Å². The molecule has 1 amide bonds. The Bertz CT molecular complexity index is 1080. The van der Waals surface area contributed by atoms with Crippen molar-refractivity contribution < 1.29 is 17.6 Å². The Balaban J connectivity index is 1.78. The van der Waals surface area contributed by atoms with Gasteiger partial charge < -0.3 is 4.42 Å². The van der Waals surface area contributed by atoms with Crippen LogP contribution in [0.25, 0.3) is 11.5 Å². The van der Waals surface area contributed by atoms with Crippen LogP contribution in [0, 0.1) is 6.92 Å². The normalized spacial score (nSPS) is 11.7. The summed E-state index contributed by atoms with van der Waals surface area (Å²) in [6, 6.07) is 5.93. The summed E-state index contributed by atoms with van der Waals surface area (Å²) in [6.45, 7) is 1.77. The van der Waals surface area contributed by atoms with E-state index < -0.39 is 15.9 Å². The van der Waals surface area contributed by atoms with Crippen molar-refractivity contribution in [1.82, 2.24) is 24.3 Å². The molecule has 0 saturated heterocycles. The molecule has 0 unspecified atom stereocenters. The molecule has 0 aliphatic rings. The van der Waals surface area contributed by atoms with Crippen LogP contribution in [-0.2, 0) is 17.1 Å². The summed E-state index contributed by atoms with van der Waals surface area (Å²) in [5.74, 6) is -0.312. The summed E-state index contributed by atoms with van der Waals surface area (Å²) in [5, 5.41) is 14.2. The number of hydrogen-bond donors (Lipinski definition) is 1. The fraction of sp³-hybridized carbons (Fsp3) is 0.250. The van der Waals surface area contributed by atoms with Gasteiger partial charge in [0.2, 0.25) is 15.9 Å². The van der Waals surface area contributed by atoms with Gasteiger partial charge in [0.25, 0.3) is 5.91 Å². The van der Waals surface area contributed by atoms with Gasteiger partial charge in [-0.05, 0) is 31.2 Å². The summed E-state index contributed by atoms with van der Waals surface area (Å²) < 4.78 is 32.3. The molecule has 11 heteroatoms. The van der Waals surface area contributed by atoms with Crippen molar-refractivity contribution in [3.8, 4) is 11.5 Å². The van der Waals surface area contributed by atoms with Crippen LogP contribution in [0.4, 0.5) is 6.01 Å². The van der Waals surface area contributed by atoms with Gasteiger partial charge in [-0.1, -0.05) is 5.10 Å². The number of nitrogens with zero attached hydrogens (tertiary/aromatic N) is 5. The zero-order chi connectivity index (χ0) is 19.8. The van der Waals surface area contributed by atoms with Crippen LogP contribution in [0.1, 0.15) is 16.1 Å². The van der Waals surface area contributed by atoms with E-state index in [1.165, 1.54) is 30.9 Å². The molecule has 0 radical (unpaired) electrons. The molecule has 1 N–H and O–H groups in total. The topological polar surface area (TPSA) is 123 Å². The fourth-order valence-corrected chi connectivity index (χ4v) is 3.26. The Labute approximate surface area is 155 Å². The van der Waals surface area contributed by atoms with Crippen LogP contribution in [-0.4, -0.2) is 52.7 Å². The van der Waals surface area contributed by atoms with E-state index in [-0.39, 0.29) is 22.5 Å². The van der Waals surface area contributed by atoms with Crippen molar-refractivity contribution in [3.05, 3.63) is 41.7 Å². The highest BCUT2D eigenvalue weighted by Crippen LogP contribution is 2.23. The van der Waals surface area contributed by atoms with E-state index in [9.17, 15) is 13.2 Å². The maximum atomic E-state index is 12.2. The number of carbonyl (C=O) groups is 1. The highest BCUT2D eigenvalue weighted by Gasteiger charge is 2.19. The third-order valence-electron chi connectivity index (χ3n) is 3.75. The molecule has 0 aliphatic heterocycles. The first-order valence-electron chi connectivity index (χ1n) is 7.86. The number of anilines is 1. The number of aryl methyl sites for hydroxylation is 2. The number of carbonyl (C=O) groups excluding carboxylic acids is 1. The number of nitrogens with one attached hydrogen (secondary N) is 1. The molecule has 142 valence electrons. The number of hydrogen-bond acceptors (Lipinski definition) is 7. The number of benzene rings is 1. The summed E-state index contributed by atoms with van der Waals surface area (Å²) in [5.41, 5.74) is 1.50. The van der Waals surface area contributed by atoms with Crippen molar-refractivity contribution in [1.29, 1.82) is 0 Å². The number of aromatic nitrogens is 4. The maximum absolute atomic E-state index is 12.2. The van der Waals surface area contributed by atoms with Crippen LogP contribution in [0.5, 0.6) is 0 Å². The van der Waals surface area contributed by atoms with Crippen LogP contribution in [0.2, 0.25) is 0 Å². The molecule has 0 saturated carbocycles. The molecule has 1 aromatic carbocycles. The largest absolute Gasteiger partial charge is 0.403 e. The second-order valence-corrected chi connectivity index (χ2v) is 8.16. The van der Waals surface area contributed by atoms with Crippen LogP contribution in [0.3, 0.4) is 0 Å². The predicted octanol–water partition coefficient (Wildman–Crippen LogP) is 1.28. The maximum Gasteiger partial charge on any atom is 0.322 e. The van der Waals surface area contributed by atoms with Gasteiger partial charge in [0.05, 0.1) is 4.90 Å². The zero-order valence-corrected chi connectivity index (χ0v) is 16.0. The van der Waals surface area contributed by atoms with Gasteiger partial charge in [-0.25, -0.2) is 12.7 Å². The Kier molecular flexibility index (Phi) is 4.81. The van der Waals surface area contributed by atoms with E-state index in [0.29, 0.717) is 11.1 Å². The van der Waals surface area contributed by atoms with Crippen molar-refractivity contribution in [3.63, 3.8) is 0 Å². The van der Waals surface area contributed by atoms with Gasteiger partial charge in [0.1, 0.15) is 0 Å². The minimum absolute atomic E-state index is 0.0787. The van der Waals surface area contributed by atoms with Gasteiger partial charge in [-0.2, -0.15) is 5.10 Å². The molecular weight excluding hydrogens is 372 g/mol. The van der Waals surface area contributed by atoms with E-state index >= 15 is 0 Å². The van der Waals surface area contributed by atoms with Gasteiger partial charge in [0, 0.05) is 38.5 Å². The van der Waals surface area contributed by atoms with Crippen molar-refractivity contribution in [2.45, 2.75) is 11.8 Å². The average Bonchev–Trinajstić information content (AvgIpc) is 3.21. The zero-order valence-electron chi connectivity index (χ0n) is 15.2. The standard InChI is InChI=1S/C16H18N6O4S/c1-10-9-22(4)20-13(10)14(23)17-16-19-18-15(26-16)11-5-7-12(8-6-11)27(24,25)21(2)3/h5-9H,1-4H3,(H,17,19,23). The van der Waals surface area contributed by atoms with Gasteiger partial charge >= 0.3 is 6.01 Å². The Morgan fingerprint density at radius 3 is 2.41 bits per heavy atom. The Morgan fingerprint density at radius 2 is 1.85 bits per heavy atom. The minimum atomic E-state index is -3.52. The first-order chi connectivity index (χ1) is 12.7. The third-order valence-corrected chi connectivity index (χ3v) is 5.58. The molecule has 0 aliphatic carbocycles. The van der Waals surface area contributed by atoms with E-state index in [4.69, 9.17) is 4.42 Å². The smallest absolute Gasteiger partial charge is 0.322 e.